The summed E-state index contributed by atoms with van der Waals surface area (Å²) in [6.45, 7) is 0. The van der Waals surface area contributed by atoms with Gasteiger partial charge < -0.3 is 4.42 Å². The van der Waals surface area contributed by atoms with E-state index in [4.69, 9.17) is 8.53 Å². The Morgan fingerprint density at radius 2 is 1.03 bits per heavy atom. The molecule has 154 valence electrons. The van der Waals surface area contributed by atoms with E-state index in [1.807, 2.05) is 54.6 Å². The Kier molecular flexibility index (Phi) is 3.31. The molecule has 1 heterocycles. The van der Waals surface area contributed by atoms with E-state index in [-0.39, 0.29) is 18.1 Å². The molecule has 6 aromatic carbocycles. The van der Waals surface area contributed by atoms with E-state index in [0.29, 0.717) is 16.7 Å². The van der Waals surface area contributed by atoms with E-state index in [9.17, 15) is 0 Å². The quantitative estimate of drug-likeness (QED) is 0.253. The van der Waals surface area contributed by atoms with Gasteiger partial charge >= 0.3 is 0 Å². The number of hydrogen-bond acceptors (Lipinski definition) is 1. The van der Waals surface area contributed by atoms with Crippen molar-refractivity contribution < 1.29 is 8.53 Å². The van der Waals surface area contributed by atoms with Crippen LogP contribution in [0.15, 0.2) is 126 Å². The summed E-state index contributed by atoms with van der Waals surface area (Å²) in [5, 5.41) is 5.75. The van der Waals surface area contributed by atoms with Gasteiger partial charge in [0.15, 0.2) is 0 Å². The fourth-order valence-corrected chi connectivity index (χ4v) is 5.10. The number of para-hydroxylation sites is 1. The molecule has 0 radical (unpaired) electrons. The van der Waals surface area contributed by atoms with Gasteiger partial charge in [-0.15, -0.1) is 0 Å². The molecule has 0 spiro atoms. The largest absolute Gasteiger partial charge is 0.456 e. The van der Waals surface area contributed by atoms with Crippen molar-refractivity contribution in [1.82, 2.24) is 0 Å². The fourth-order valence-electron chi connectivity index (χ4n) is 5.10. The maximum Gasteiger partial charge on any atom is 0.136 e. The minimum absolute atomic E-state index is 0.0434. The molecular weight excluding hydrogens is 400 g/mol. The van der Waals surface area contributed by atoms with Crippen LogP contribution in [0.25, 0.3) is 65.7 Å². The summed E-state index contributed by atoms with van der Waals surface area (Å²) >= 11 is 0. The second kappa shape index (κ2) is 7.08. The summed E-state index contributed by atoms with van der Waals surface area (Å²) in [4.78, 5) is 0. The van der Waals surface area contributed by atoms with Crippen LogP contribution in [0.2, 0.25) is 0 Å². The SMILES string of the molecule is [2H]c1c([2H])c(-c2c3ccccc3c(-c3ccccc3)c3ccccc23)c2c(oc3ccccc32)c1[2H]. The minimum Gasteiger partial charge on any atom is -0.456 e. The maximum absolute atomic E-state index is 9.09. The molecule has 0 saturated carbocycles. The van der Waals surface area contributed by atoms with Crippen molar-refractivity contribution in [3.05, 3.63) is 121 Å². The van der Waals surface area contributed by atoms with Crippen LogP contribution in [-0.4, -0.2) is 0 Å². The van der Waals surface area contributed by atoms with Crippen LogP contribution in [0.5, 0.6) is 0 Å². The van der Waals surface area contributed by atoms with Crippen molar-refractivity contribution in [1.29, 1.82) is 0 Å². The first kappa shape index (κ1) is 15.4. The zero-order valence-corrected chi connectivity index (χ0v) is 17.7. The van der Waals surface area contributed by atoms with Crippen LogP contribution in [0.1, 0.15) is 4.11 Å². The first-order valence-electron chi connectivity index (χ1n) is 12.6. The molecule has 0 N–H and O–H groups in total. The van der Waals surface area contributed by atoms with Crippen LogP contribution in [-0.2, 0) is 0 Å². The van der Waals surface area contributed by atoms with Gasteiger partial charge in [0.2, 0.25) is 0 Å². The average molecular weight is 424 g/mol. The molecule has 1 nitrogen and oxygen atoms in total. The highest BCUT2D eigenvalue weighted by Crippen LogP contribution is 2.46. The van der Waals surface area contributed by atoms with Crippen LogP contribution in [0, 0.1) is 0 Å². The highest BCUT2D eigenvalue weighted by Gasteiger charge is 2.19. The molecule has 1 heteroatoms. The molecule has 0 unspecified atom stereocenters. The third-order valence-electron chi connectivity index (χ3n) is 6.45. The minimum atomic E-state index is -0.128. The summed E-state index contributed by atoms with van der Waals surface area (Å²) in [6, 6.07) is 34.5. The molecule has 1 aromatic heterocycles. The zero-order valence-electron chi connectivity index (χ0n) is 20.7. The van der Waals surface area contributed by atoms with Crippen molar-refractivity contribution in [3.8, 4) is 22.3 Å². The molecule has 0 atom stereocenters. The van der Waals surface area contributed by atoms with E-state index >= 15 is 0 Å². The van der Waals surface area contributed by atoms with Gasteiger partial charge in [-0.1, -0.05) is 109 Å². The van der Waals surface area contributed by atoms with Crippen LogP contribution >= 0.6 is 0 Å². The molecule has 33 heavy (non-hydrogen) atoms. The third-order valence-corrected chi connectivity index (χ3v) is 6.45. The van der Waals surface area contributed by atoms with E-state index < -0.39 is 0 Å². The molecule has 0 aliphatic carbocycles. The lowest BCUT2D eigenvalue weighted by molar-refractivity contribution is 0.669. The van der Waals surface area contributed by atoms with E-state index in [1.165, 1.54) is 0 Å². The monoisotopic (exact) mass is 423 g/mol. The Hall–Kier alpha value is -4.36. The molecule has 0 aliphatic heterocycles. The van der Waals surface area contributed by atoms with Gasteiger partial charge in [0.1, 0.15) is 11.2 Å². The molecule has 0 saturated heterocycles. The Balaban J connectivity index is 1.77. The van der Waals surface area contributed by atoms with Crippen molar-refractivity contribution in [2.45, 2.75) is 0 Å². The summed E-state index contributed by atoms with van der Waals surface area (Å²) in [5.41, 5.74) is 4.82. The first-order chi connectivity index (χ1) is 17.6. The number of rotatable bonds is 2. The van der Waals surface area contributed by atoms with E-state index in [2.05, 4.69) is 48.5 Å². The first-order valence-corrected chi connectivity index (χ1v) is 11.1. The normalized spacial score (nSPS) is 12.9. The smallest absolute Gasteiger partial charge is 0.136 e. The lowest BCUT2D eigenvalue weighted by Gasteiger charge is -2.18. The molecule has 0 amide bonds. The second-order valence-corrected chi connectivity index (χ2v) is 8.26. The summed E-state index contributed by atoms with van der Waals surface area (Å²) < 4.78 is 32.4. The number of benzene rings is 6. The molecule has 0 fully saturated rings. The lowest BCUT2D eigenvalue weighted by atomic mass is 9.85. The van der Waals surface area contributed by atoms with Crippen molar-refractivity contribution in [2.75, 3.05) is 0 Å². The summed E-state index contributed by atoms with van der Waals surface area (Å²) in [6.07, 6.45) is 0. The Bertz CT molecular complexity index is 1910. The van der Waals surface area contributed by atoms with E-state index in [0.717, 1.165) is 49.0 Å². The van der Waals surface area contributed by atoms with Gasteiger partial charge in [0, 0.05) is 10.8 Å². The predicted octanol–water partition coefficient (Wildman–Crippen LogP) is 9.23. The van der Waals surface area contributed by atoms with Gasteiger partial charge in [-0.2, -0.15) is 0 Å². The number of hydrogen-bond donors (Lipinski definition) is 0. The highest BCUT2D eigenvalue weighted by atomic mass is 16.3. The van der Waals surface area contributed by atoms with Gasteiger partial charge in [-0.25, -0.2) is 0 Å². The maximum atomic E-state index is 9.09. The fraction of sp³-hybridized carbons (Fsp3) is 0. The van der Waals surface area contributed by atoms with Crippen molar-refractivity contribution >= 4 is 43.5 Å². The third kappa shape index (κ3) is 2.66. The lowest BCUT2D eigenvalue weighted by Crippen LogP contribution is -1.91. The van der Waals surface area contributed by atoms with Crippen molar-refractivity contribution in [2.24, 2.45) is 0 Å². The van der Waals surface area contributed by atoms with Crippen molar-refractivity contribution in [3.63, 3.8) is 0 Å². The topological polar surface area (TPSA) is 13.1 Å². The highest BCUT2D eigenvalue weighted by molar-refractivity contribution is 6.25. The van der Waals surface area contributed by atoms with Gasteiger partial charge in [0.05, 0.1) is 4.11 Å². The summed E-state index contributed by atoms with van der Waals surface area (Å²) in [7, 11) is 0. The molecule has 7 rings (SSSR count). The van der Waals surface area contributed by atoms with E-state index in [1.54, 1.807) is 0 Å². The Morgan fingerprint density at radius 1 is 0.485 bits per heavy atom. The predicted molar refractivity (Wildman–Crippen MR) is 140 cm³/mol. The Labute approximate surface area is 195 Å². The molecular formula is C32H20O. The van der Waals surface area contributed by atoms with Crippen LogP contribution in [0.3, 0.4) is 0 Å². The Morgan fingerprint density at radius 3 is 1.70 bits per heavy atom. The standard InChI is InChI=1S/C32H20O/c1-2-11-21(12-3-1)30-22-13-4-6-15-24(22)31(25-16-7-5-14-23(25)30)27-18-10-20-29-32(27)26-17-8-9-19-28(26)33-29/h1-20H/i10D,18D,20D. The molecule has 0 aliphatic rings. The second-order valence-electron chi connectivity index (χ2n) is 8.26. The summed E-state index contributed by atoms with van der Waals surface area (Å²) in [5.74, 6) is 0. The zero-order chi connectivity index (χ0) is 24.4. The van der Waals surface area contributed by atoms with Gasteiger partial charge in [-0.3, -0.25) is 0 Å². The molecule has 7 aromatic rings. The average Bonchev–Trinajstić information content (AvgIpc) is 3.31. The number of fused-ring (bicyclic) bond motifs is 5. The van der Waals surface area contributed by atoms with Crippen LogP contribution in [0.4, 0.5) is 0 Å². The van der Waals surface area contributed by atoms with Crippen LogP contribution < -0.4 is 0 Å². The van der Waals surface area contributed by atoms with Gasteiger partial charge in [-0.05, 0) is 55.9 Å². The van der Waals surface area contributed by atoms with Gasteiger partial charge in [0.25, 0.3) is 0 Å². The number of furan rings is 1. The molecule has 0 bridgehead atoms.